The molecule has 2 heterocycles. The second-order valence-electron chi connectivity index (χ2n) is 7.00. The van der Waals surface area contributed by atoms with Gasteiger partial charge in [-0.05, 0) is 55.6 Å². The average molecular weight is 381 g/mol. The van der Waals surface area contributed by atoms with Crippen LogP contribution in [-0.4, -0.2) is 50.2 Å². The summed E-state index contributed by atoms with van der Waals surface area (Å²) >= 11 is 8.25. The van der Waals surface area contributed by atoms with Gasteiger partial charge in [0.25, 0.3) is 0 Å². The van der Waals surface area contributed by atoms with Gasteiger partial charge in [-0.15, -0.1) is 0 Å². The first-order valence-corrected chi connectivity index (χ1v) is 10.7. The molecule has 2 atom stereocenters. The van der Waals surface area contributed by atoms with Crippen molar-refractivity contribution in [3.05, 3.63) is 28.8 Å². The summed E-state index contributed by atoms with van der Waals surface area (Å²) in [6, 6.07) is 6.16. The summed E-state index contributed by atoms with van der Waals surface area (Å²) in [6.07, 6.45) is 3.88. The highest BCUT2D eigenvalue weighted by Gasteiger charge is 2.24. The van der Waals surface area contributed by atoms with Crippen molar-refractivity contribution < 1.29 is 0 Å². The molecule has 2 saturated heterocycles. The van der Waals surface area contributed by atoms with E-state index in [-0.39, 0.29) is 0 Å². The van der Waals surface area contributed by atoms with Crippen LogP contribution in [0.5, 0.6) is 0 Å². The molecule has 0 aliphatic carbocycles. The van der Waals surface area contributed by atoms with Gasteiger partial charge in [0.05, 0.1) is 0 Å². The largest absolute Gasteiger partial charge is 0.371 e. The third-order valence-electron chi connectivity index (χ3n) is 5.10. The van der Waals surface area contributed by atoms with Gasteiger partial charge in [0.2, 0.25) is 0 Å². The molecule has 2 fully saturated rings. The zero-order valence-electron chi connectivity index (χ0n) is 15.2. The Labute approximate surface area is 160 Å². The highest BCUT2D eigenvalue weighted by molar-refractivity contribution is 8.00. The molecule has 0 bridgehead atoms. The molecular weight excluding hydrogens is 352 g/mol. The minimum atomic E-state index is 0.637. The Hall–Kier alpha value is -1.07. The van der Waals surface area contributed by atoms with Crippen molar-refractivity contribution in [1.29, 1.82) is 0 Å². The number of anilines is 1. The van der Waals surface area contributed by atoms with E-state index < -0.39 is 0 Å². The molecule has 6 heteroatoms. The van der Waals surface area contributed by atoms with Crippen LogP contribution in [0.3, 0.4) is 0 Å². The lowest BCUT2D eigenvalue weighted by Gasteiger charge is -2.22. The van der Waals surface area contributed by atoms with Crippen LogP contribution in [0.2, 0.25) is 5.02 Å². The smallest absolute Gasteiger partial charge is 0.191 e. The topological polar surface area (TPSA) is 39.7 Å². The normalized spacial score (nSPS) is 24.0. The number of nitrogens with zero attached hydrogens (tertiary/aromatic N) is 2. The van der Waals surface area contributed by atoms with E-state index in [1.165, 1.54) is 36.3 Å². The van der Waals surface area contributed by atoms with E-state index in [2.05, 4.69) is 51.3 Å². The molecule has 3 rings (SSSR count). The zero-order chi connectivity index (χ0) is 17.6. The van der Waals surface area contributed by atoms with Crippen LogP contribution in [0.15, 0.2) is 23.2 Å². The molecule has 138 valence electrons. The summed E-state index contributed by atoms with van der Waals surface area (Å²) < 4.78 is 0. The second kappa shape index (κ2) is 9.04. The van der Waals surface area contributed by atoms with E-state index in [0.29, 0.717) is 5.92 Å². The lowest BCUT2D eigenvalue weighted by atomic mass is 10.1. The van der Waals surface area contributed by atoms with Crippen LogP contribution in [0.1, 0.15) is 24.8 Å². The number of aliphatic imine (C=N–C) groups is 1. The van der Waals surface area contributed by atoms with Crippen LogP contribution < -0.4 is 15.5 Å². The summed E-state index contributed by atoms with van der Waals surface area (Å²) in [5, 5.41) is 8.55. The summed E-state index contributed by atoms with van der Waals surface area (Å²) in [7, 11) is 1.85. The van der Waals surface area contributed by atoms with Crippen LogP contribution >= 0.6 is 23.4 Å². The molecule has 0 aromatic heterocycles. The average Bonchev–Trinajstić information content (AvgIpc) is 3.29. The van der Waals surface area contributed by atoms with E-state index in [1.807, 2.05) is 13.1 Å². The molecule has 4 nitrogen and oxygen atoms in total. The zero-order valence-corrected chi connectivity index (χ0v) is 16.8. The summed E-state index contributed by atoms with van der Waals surface area (Å²) in [4.78, 5) is 6.82. The molecule has 0 radical (unpaired) electrons. The maximum atomic E-state index is 6.18. The quantitative estimate of drug-likeness (QED) is 0.605. The van der Waals surface area contributed by atoms with Gasteiger partial charge < -0.3 is 15.5 Å². The molecule has 2 N–H and O–H groups in total. The molecule has 0 saturated carbocycles. The van der Waals surface area contributed by atoms with E-state index >= 15 is 0 Å². The SMILES string of the molecule is CN=C(NCC1CCN(c2cc(Cl)ccc2C)C1)NCC1CCCS1. The third kappa shape index (κ3) is 5.20. The van der Waals surface area contributed by atoms with Crippen molar-refractivity contribution in [3.8, 4) is 0 Å². The van der Waals surface area contributed by atoms with Crippen molar-refractivity contribution in [3.63, 3.8) is 0 Å². The number of thioether (sulfide) groups is 1. The van der Waals surface area contributed by atoms with Crippen molar-refractivity contribution in [1.82, 2.24) is 10.6 Å². The van der Waals surface area contributed by atoms with Crippen LogP contribution in [0.25, 0.3) is 0 Å². The minimum absolute atomic E-state index is 0.637. The van der Waals surface area contributed by atoms with Crippen LogP contribution in [-0.2, 0) is 0 Å². The fourth-order valence-electron chi connectivity index (χ4n) is 3.62. The molecule has 0 amide bonds. The Morgan fingerprint density at radius 3 is 2.92 bits per heavy atom. The second-order valence-corrected chi connectivity index (χ2v) is 8.85. The highest BCUT2D eigenvalue weighted by atomic mass is 35.5. The number of hydrogen-bond donors (Lipinski definition) is 2. The van der Waals surface area contributed by atoms with Gasteiger partial charge in [-0.25, -0.2) is 0 Å². The fraction of sp³-hybridized carbons (Fsp3) is 0.632. The minimum Gasteiger partial charge on any atom is -0.371 e. The van der Waals surface area contributed by atoms with Gasteiger partial charge in [-0.3, -0.25) is 4.99 Å². The van der Waals surface area contributed by atoms with Crippen molar-refractivity contribution in [2.75, 3.05) is 43.9 Å². The first-order valence-electron chi connectivity index (χ1n) is 9.23. The first-order chi connectivity index (χ1) is 12.2. The van der Waals surface area contributed by atoms with Crippen molar-refractivity contribution >= 4 is 35.0 Å². The standard InChI is InChI=1S/C19H29ClN4S/c1-14-5-6-16(20)10-18(14)24-8-7-15(13-24)11-22-19(21-2)23-12-17-4-3-9-25-17/h5-6,10,15,17H,3-4,7-9,11-13H2,1-2H3,(H2,21,22,23). The summed E-state index contributed by atoms with van der Waals surface area (Å²) in [5.41, 5.74) is 2.57. The Balaban J connectivity index is 1.45. The third-order valence-corrected chi connectivity index (χ3v) is 6.73. The van der Waals surface area contributed by atoms with Crippen LogP contribution in [0, 0.1) is 12.8 Å². The number of nitrogens with one attached hydrogen (secondary N) is 2. The molecule has 0 spiro atoms. The Bertz CT molecular complexity index is 601. The van der Waals surface area contributed by atoms with E-state index in [9.17, 15) is 0 Å². The Morgan fingerprint density at radius 2 is 2.16 bits per heavy atom. The molecule has 2 aliphatic heterocycles. The lowest BCUT2D eigenvalue weighted by Crippen LogP contribution is -2.42. The summed E-state index contributed by atoms with van der Waals surface area (Å²) in [5.74, 6) is 2.88. The van der Waals surface area contributed by atoms with E-state index in [0.717, 1.165) is 42.4 Å². The van der Waals surface area contributed by atoms with Gasteiger partial charge >= 0.3 is 0 Å². The lowest BCUT2D eigenvalue weighted by molar-refractivity contribution is 0.565. The van der Waals surface area contributed by atoms with Gasteiger partial charge in [-0.2, -0.15) is 11.8 Å². The fourth-order valence-corrected chi connectivity index (χ4v) is 4.99. The van der Waals surface area contributed by atoms with Gasteiger partial charge in [0.1, 0.15) is 0 Å². The molecule has 1 aromatic carbocycles. The van der Waals surface area contributed by atoms with E-state index in [1.54, 1.807) is 0 Å². The summed E-state index contributed by atoms with van der Waals surface area (Å²) in [6.45, 7) is 6.31. The molecule has 2 unspecified atom stereocenters. The number of aryl methyl sites for hydroxylation is 1. The predicted octanol–water partition coefficient (Wildman–Crippen LogP) is 3.54. The van der Waals surface area contributed by atoms with Crippen molar-refractivity contribution in [2.45, 2.75) is 31.4 Å². The number of guanidine groups is 1. The Kier molecular flexibility index (Phi) is 6.77. The first kappa shape index (κ1) is 18.7. The van der Waals surface area contributed by atoms with Gasteiger partial charge in [-0.1, -0.05) is 17.7 Å². The highest BCUT2D eigenvalue weighted by Crippen LogP contribution is 2.29. The predicted molar refractivity (Wildman–Crippen MR) is 111 cm³/mol. The number of halogens is 1. The van der Waals surface area contributed by atoms with Gasteiger partial charge in [0.15, 0.2) is 5.96 Å². The number of rotatable bonds is 5. The molecule has 2 aliphatic rings. The molecule has 1 aromatic rings. The van der Waals surface area contributed by atoms with Crippen LogP contribution in [0.4, 0.5) is 5.69 Å². The molecular formula is C19H29ClN4S. The monoisotopic (exact) mass is 380 g/mol. The maximum Gasteiger partial charge on any atom is 0.191 e. The van der Waals surface area contributed by atoms with E-state index in [4.69, 9.17) is 11.6 Å². The number of benzene rings is 1. The molecule has 25 heavy (non-hydrogen) atoms. The van der Waals surface area contributed by atoms with Crippen molar-refractivity contribution in [2.24, 2.45) is 10.9 Å². The van der Waals surface area contributed by atoms with Gasteiger partial charge in [0, 0.05) is 49.2 Å². The maximum absolute atomic E-state index is 6.18. The number of hydrogen-bond acceptors (Lipinski definition) is 3. The Morgan fingerprint density at radius 1 is 1.32 bits per heavy atom.